The van der Waals surface area contributed by atoms with E-state index in [1.807, 2.05) is 48.5 Å². The molecule has 1 aliphatic heterocycles. The molecule has 28 heavy (non-hydrogen) atoms. The van der Waals surface area contributed by atoms with Crippen LogP contribution in [0.3, 0.4) is 0 Å². The Kier molecular flexibility index (Phi) is 4.43. The summed E-state index contributed by atoms with van der Waals surface area (Å²) in [5, 5.41) is 2.17. The Labute approximate surface area is 167 Å². The summed E-state index contributed by atoms with van der Waals surface area (Å²) in [4.78, 5) is 5.84. The van der Waals surface area contributed by atoms with E-state index >= 15 is 0 Å². The molecule has 1 aliphatic rings. The van der Waals surface area contributed by atoms with Gasteiger partial charge in [-0.3, -0.25) is 0 Å². The number of para-hydroxylation sites is 1. The molecule has 0 bridgehead atoms. The summed E-state index contributed by atoms with van der Waals surface area (Å²) >= 11 is 1.65. The molecule has 0 aliphatic carbocycles. The number of thiazole rings is 1. The van der Waals surface area contributed by atoms with Crippen LogP contribution in [0.25, 0.3) is 11.3 Å². The minimum Gasteiger partial charge on any atom is -0.454 e. The number of fused-ring (bicyclic) bond motifs is 1. The zero-order valence-electron chi connectivity index (χ0n) is 15.1. The minimum atomic E-state index is 0.286. The van der Waals surface area contributed by atoms with Crippen molar-refractivity contribution in [1.82, 2.24) is 4.57 Å². The van der Waals surface area contributed by atoms with Gasteiger partial charge in [0, 0.05) is 5.38 Å². The maximum Gasteiger partial charge on any atom is 0.231 e. The van der Waals surface area contributed by atoms with Gasteiger partial charge >= 0.3 is 0 Å². The predicted octanol–water partition coefficient (Wildman–Crippen LogP) is 5.23. The summed E-state index contributed by atoms with van der Waals surface area (Å²) in [6.45, 7) is 0.990. The molecule has 138 valence electrons. The van der Waals surface area contributed by atoms with Crippen molar-refractivity contribution >= 4 is 17.0 Å². The standard InChI is InChI=1S/C23H18N2O2S/c1-3-7-18(8-4-1)20-15-28-23(24-19-9-5-2-6-10-19)25(20)14-17-11-12-21-22(13-17)27-16-26-21/h1-13,15H,14,16H2. The summed E-state index contributed by atoms with van der Waals surface area (Å²) < 4.78 is 13.2. The average Bonchev–Trinajstić information content (AvgIpc) is 3.36. The third-order valence-corrected chi connectivity index (χ3v) is 5.49. The molecule has 3 aromatic carbocycles. The normalized spacial score (nSPS) is 13.1. The van der Waals surface area contributed by atoms with E-state index < -0.39 is 0 Å². The lowest BCUT2D eigenvalue weighted by Crippen LogP contribution is -2.16. The van der Waals surface area contributed by atoms with Crippen LogP contribution in [-0.4, -0.2) is 11.4 Å². The molecule has 2 heterocycles. The van der Waals surface area contributed by atoms with E-state index in [9.17, 15) is 0 Å². The number of aromatic nitrogens is 1. The molecule has 0 spiro atoms. The highest BCUT2D eigenvalue weighted by atomic mass is 32.1. The second kappa shape index (κ2) is 7.37. The van der Waals surface area contributed by atoms with Gasteiger partial charge in [-0.1, -0.05) is 54.6 Å². The lowest BCUT2D eigenvalue weighted by molar-refractivity contribution is 0.174. The molecule has 0 radical (unpaired) electrons. The van der Waals surface area contributed by atoms with Gasteiger partial charge < -0.3 is 14.0 Å². The van der Waals surface area contributed by atoms with Crippen LogP contribution < -0.4 is 14.3 Å². The zero-order valence-corrected chi connectivity index (χ0v) is 15.9. The lowest BCUT2D eigenvalue weighted by atomic mass is 10.1. The summed E-state index contributed by atoms with van der Waals surface area (Å²) in [5.41, 5.74) is 4.42. The molecule has 0 amide bonds. The topological polar surface area (TPSA) is 35.8 Å². The first-order valence-electron chi connectivity index (χ1n) is 9.09. The average molecular weight is 386 g/mol. The number of hydrogen-bond acceptors (Lipinski definition) is 4. The van der Waals surface area contributed by atoms with E-state index in [0.717, 1.165) is 33.2 Å². The molecule has 0 fully saturated rings. The molecule has 5 rings (SSSR count). The fourth-order valence-corrected chi connectivity index (χ4v) is 4.17. The van der Waals surface area contributed by atoms with Crippen LogP contribution in [-0.2, 0) is 6.54 Å². The van der Waals surface area contributed by atoms with Gasteiger partial charge in [-0.15, -0.1) is 11.3 Å². The van der Waals surface area contributed by atoms with Crippen LogP contribution in [0.15, 0.2) is 89.2 Å². The molecule has 4 nitrogen and oxygen atoms in total. The van der Waals surface area contributed by atoms with Gasteiger partial charge in [0.05, 0.1) is 17.9 Å². The Bertz CT molecular complexity index is 1160. The van der Waals surface area contributed by atoms with Crippen molar-refractivity contribution in [3.05, 3.63) is 94.6 Å². The maximum absolute atomic E-state index is 5.55. The number of ether oxygens (including phenoxy) is 2. The van der Waals surface area contributed by atoms with Crippen LogP contribution in [0, 0.1) is 0 Å². The fourth-order valence-electron chi connectivity index (χ4n) is 3.25. The van der Waals surface area contributed by atoms with E-state index in [0.29, 0.717) is 6.54 Å². The number of nitrogens with zero attached hydrogens (tertiary/aromatic N) is 2. The van der Waals surface area contributed by atoms with E-state index in [4.69, 9.17) is 14.5 Å². The smallest absolute Gasteiger partial charge is 0.231 e. The number of hydrogen-bond donors (Lipinski definition) is 0. The van der Waals surface area contributed by atoms with Gasteiger partial charge in [-0.05, 0) is 35.4 Å². The van der Waals surface area contributed by atoms with E-state index in [-0.39, 0.29) is 6.79 Å². The molecule has 0 unspecified atom stereocenters. The third-order valence-electron chi connectivity index (χ3n) is 4.63. The number of rotatable bonds is 4. The van der Waals surface area contributed by atoms with Crippen molar-refractivity contribution in [3.63, 3.8) is 0 Å². The van der Waals surface area contributed by atoms with Gasteiger partial charge in [0.15, 0.2) is 16.3 Å². The lowest BCUT2D eigenvalue weighted by Gasteiger charge is -2.10. The van der Waals surface area contributed by atoms with Crippen molar-refractivity contribution in [3.8, 4) is 22.8 Å². The van der Waals surface area contributed by atoms with Crippen LogP contribution in [0.5, 0.6) is 11.5 Å². The van der Waals surface area contributed by atoms with Crippen LogP contribution in [0.4, 0.5) is 5.69 Å². The van der Waals surface area contributed by atoms with Gasteiger partial charge in [0.2, 0.25) is 6.79 Å². The maximum atomic E-state index is 5.55. The molecule has 0 saturated carbocycles. The first-order valence-corrected chi connectivity index (χ1v) is 9.97. The van der Waals surface area contributed by atoms with Gasteiger partial charge in [0.25, 0.3) is 0 Å². The summed E-state index contributed by atoms with van der Waals surface area (Å²) in [6.07, 6.45) is 0. The van der Waals surface area contributed by atoms with Crippen molar-refractivity contribution in [2.45, 2.75) is 6.54 Å². The Hall–Kier alpha value is -3.31. The molecule has 1 aromatic heterocycles. The Morgan fingerprint density at radius 2 is 1.61 bits per heavy atom. The summed E-state index contributed by atoms with van der Waals surface area (Å²) in [5.74, 6) is 1.60. The second-order valence-corrected chi connectivity index (χ2v) is 7.33. The molecular weight excluding hydrogens is 368 g/mol. The Morgan fingerprint density at radius 3 is 2.43 bits per heavy atom. The van der Waals surface area contributed by atoms with E-state index in [1.165, 1.54) is 5.56 Å². The highest BCUT2D eigenvalue weighted by Crippen LogP contribution is 2.33. The third kappa shape index (κ3) is 3.32. The van der Waals surface area contributed by atoms with E-state index in [1.54, 1.807) is 11.3 Å². The van der Waals surface area contributed by atoms with Crippen molar-refractivity contribution < 1.29 is 9.47 Å². The van der Waals surface area contributed by atoms with Gasteiger partial charge in [-0.2, -0.15) is 0 Å². The van der Waals surface area contributed by atoms with Crippen LogP contribution in [0.2, 0.25) is 0 Å². The first-order chi connectivity index (χ1) is 13.9. The summed E-state index contributed by atoms with van der Waals surface area (Å²) in [6, 6.07) is 26.6. The molecule has 4 aromatic rings. The molecule has 5 heteroatoms. The van der Waals surface area contributed by atoms with Crippen molar-refractivity contribution in [1.29, 1.82) is 0 Å². The summed E-state index contributed by atoms with van der Waals surface area (Å²) in [7, 11) is 0. The highest BCUT2D eigenvalue weighted by Gasteiger charge is 2.15. The van der Waals surface area contributed by atoms with Gasteiger partial charge in [-0.25, -0.2) is 4.99 Å². The SMILES string of the molecule is c1ccc(N=c2scc(-c3ccccc3)n2Cc2ccc3c(c2)OCO3)cc1. The molecule has 0 N–H and O–H groups in total. The van der Waals surface area contributed by atoms with Crippen molar-refractivity contribution in [2.24, 2.45) is 4.99 Å². The molecular formula is C23H18N2O2S. The van der Waals surface area contributed by atoms with Gasteiger partial charge in [0.1, 0.15) is 0 Å². The highest BCUT2D eigenvalue weighted by molar-refractivity contribution is 7.07. The first kappa shape index (κ1) is 16.8. The Balaban J connectivity index is 1.61. The minimum absolute atomic E-state index is 0.286. The molecule has 0 saturated heterocycles. The monoisotopic (exact) mass is 386 g/mol. The predicted molar refractivity (Wildman–Crippen MR) is 111 cm³/mol. The second-order valence-electron chi connectivity index (χ2n) is 6.49. The van der Waals surface area contributed by atoms with E-state index in [2.05, 4.69) is 40.3 Å². The Morgan fingerprint density at radius 1 is 0.857 bits per heavy atom. The number of benzene rings is 3. The van der Waals surface area contributed by atoms with Crippen molar-refractivity contribution in [2.75, 3.05) is 6.79 Å². The van der Waals surface area contributed by atoms with Crippen LogP contribution >= 0.6 is 11.3 Å². The molecule has 0 atom stereocenters. The fraction of sp³-hybridized carbons (Fsp3) is 0.0870. The van der Waals surface area contributed by atoms with Crippen LogP contribution in [0.1, 0.15) is 5.56 Å². The largest absolute Gasteiger partial charge is 0.454 e. The zero-order chi connectivity index (χ0) is 18.8. The quantitative estimate of drug-likeness (QED) is 0.482.